The normalized spacial score (nSPS) is 12.4. The van der Waals surface area contributed by atoms with Crippen molar-refractivity contribution in [2.24, 2.45) is 0 Å². The van der Waals surface area contributed by atoms with Gasteiger partial charge in [-0.25, -0.2) is 15.0 Å². The van der Waals surface area contributed by atoms with E-state index in [-0.39, 0.29) is 6.79 Å². The monoisotopic (exact) mass is 427 g/mol. The molecule has 0 amide bonds. The fourth-order valence-electron chi connectivity index (χ4n) is 3.56. The summed E-state index contributed by atoms with van der Waals surface area (Å²) in [5.74, 6) is 2.38. The van der Waals surface area contributed by atoms with Crippen LogP contribution in [0.2, 0.25) is 0 Å². The molecule has 4 heterocycles. The summed E-state index contributed by atoms with van der Waals surface area (Å²) in [6.45, 7) is 0.988. The molecule has 1 aliphatic rings. The molecule has 5 aromatic rings. The number of aromatic nitrogens is 3. The van der Waals surface area contributed by atoms with Crippen LogP contribution in [0.4, 0.5) is 17.2 Å². The van der Waals surface area contributed by atoms with Gasteiger partial charge in [-0.3, -0.25) is 0 Å². The zero-order chi connectivity index (χ0) is 20.6. The molecular weight excluding hydrogens is 410 g/mol. The predicted octanol–water partition coefficient (Wildman–Crippen LogP) is 5.32. The van der Waals surface area contributed by atoms with Crippen LogP contribution in [-0.4, -0.2) is 21.7 Å². The highest BCUT2D eigenvalue weighted by molar-refractivity contribution is 7.25. The molecule has 7 nitrogen and oxygen atoms in total. The van der Waals surface area contributed by atoms with E-state index < -0.39 is 0 Å². The Bertz CT molecular complexity index is 1400. The highest BCUT2D eigenvalue weighted by atomic mass is 32.1. The zero-order valence-electron chi connectivity index (χ0n) is 16.3. The first kappa shape index (κ1) is 17.9. The summed E-state index contributed by atoms with van der Waals surface area (Å²) in [7, 11) is 0. The van der Waals surface area contributed by atoms with E-state index in [1.54, 1.807) is 23.9 Å². The van der Waals surface area contributed by atoms with Gasteiger partial charge in [0.2, 0.25) is 6.79 Å². The van der Waals surface area contributed by atoms with Crippen molar-refractivity contribution in [3.63, 3.8) is 0 Å². The van der Waals surface area contributed by atoms with Crippen LogP contribution in [0, 0.1) is 0 Å². The van der Waals surface area contributed by atoms with Crippen LogP contribution in [-0.2, 0) is 6.54 Å². The smallest absolute Gasteiger partial charge is 0.231 e. The van der Waals surface area contributed by atoms with Gasteiger partial charge in [0.25, 0.3) is 0 Å². The molecule has 1 aliphatic heterocycles. The highest BCUT2D eigenvalue weighted by Crippen LogP contribution is 2.36. The minimum Gasteiger partial charge on any atom is -0.454 e. The van der Waals surface area contributed by atoms with Gasteiger partial charge in [0.15, 0.2) is 17.3 Å². The van der Waals surface area contributed by atoms with E-state index in [0.29, 0.717) is 6.54 Å². The lowest BCUT2D eigenvalue weighted by Crippen LogP contribution is -2.00. The first-order valence-corrected chi connectivity index (χ1v) is 10.6. The second kappa shape index (κ2) is 7.41. The molecule has 0 unspecified atom stereocenters. The molecule has 152 valence electrons. The summed E-state index contributed by atoms with van der Waals surface area (Å²) < 4.78 is 11.8. The average molecular weight is 427 g/mol. The fraction of sp³-hybridized carbons (Fsp3) is 0.0870. The van der Waals surface area contributed by atoms with Crippen LogP contribution in [0.1, 0.15) is 5.56 Å². The number of nitrogens with one attached hydrogen (secondary N) is 2. The van der Waals surface area contributed by atoms with E-state index in [1.165, 1.54) is 0 Å². The quantitative estimate of drug-likeness (QED) is 0.393. The Balaban J connectivity index is 1.18. The van der Waals surface area contributed by atoms with Gasteiger partial charge in [0.1, 0.15) is 11.2 Å². The molecule has 0 atom stereocenters. The van der Waals surface area contributed by atoms with Crippen LogP contribution >= 0.6 is 11.3 Å². The fourth-order valence-corrected chi connectivity index (χ4v) is 4.60. The summed E-state index contributed by atoms with van der Waals surface area (Å²) in [5, 5.41) is 7.90. The number of hydrogen-bond acceptors (Lipinski definition) is 8. The molecule has 0 saturated carbocycles. The molecule has 8 heteroatoms. The minimum absolute atomic E-state index is 0.289. The third kappa shape index (κ3) is 3.36. The highest BCUT2D eigenvalue weighted by Gasteiger charge is 2.13. The first-order chi connectivity index (χ1) is 15.3. The second-order valence-corrected chi connectivity index (χ2v) is 8.10. The van der Waals surface area contributed by atoms with E-state index in [4.69, 9.17) is 9.47 Å². The third-order valence-corrected chi connectivity index (χ3v) is 6.22. The minimum atomic E-state index is 0.289. The molecule has 0 radical (unpaired) electrons. The Kier molecular flexibility index (Phi) is 4.28. The predicted molar refractivity (Wildman–Crippen MR) is 122 cm³/mol. The number of ether oxygens (including phenoxy) is 2. The molecular formula is C23H17N5O2S. The van der Waals surface area contributed by atoms with Gasteiger partial charge in [-0.1, -0.05) is 6.07 Å². The van der Waals surface area contributed by atoms with Gasteiger partial charge >= 0.3 is 0 Å². The van der Waals surface area contributed by atoms with Crippen LogP contribution < -0.4 is 20.1 Å². The number of anilines is 3. The zero-order valence-corrected chi connectivity index (χ0v) is 17.1. The van der Waals surface area contributed by atoms with Crippen LogP contribution in [0.25, 0.3) is 20.4 Å². The number of benzene rings is 2. The van der Waals surface area contributed by atoms with Crippen molar-refractivity contribution in [1.82, 2.24) is 15.0 Å². The largest absolute Gasteiger partial charge is 0.454 e. The third-order valence-electron chi connectivity index (χ3n) is 5.11. The van der Waals surface area contributed by atoms with Gasteiger partial charge in [0.05, 0.1) is 10.2 Å². The van der Waals surface area contributed by atoms with E-state index in [0.717, 1.165) is 54.7 Å². The average Bonchev–Trinajstić information content (AvgIpc) is 3.43. The molecule has 6 rings (SSSR count). The van der Waals surface area contributed by atoms with E-state index in [1.807, 2.05) is 54.6 Å². The summed E-state index contributed by atoms with van der Waals surface area (Å²) >= 11 is 1.59. The van der Waals surface area contributed by atoms with Gasteiger partial charge in [-0.2, -0.15) is 0 Å². The van der Waals surface area contributed by atoms with E-state index >= 15 is 0 Å². The lowest BCUT2D eigenvalue weighted by molar-refractivity contribution is 0.174. The van der Waals surface area contributed by atoms with Crippen molar-refractivity contribution < 1.29 is 9.47 Å². The summed E-state index contributed by atoms with van der Waals surface area (Å²) in [6.07, 6.45) is 3.39. The van der Waals surface area contributed by atoms with Crippen molar-refractivity contribution in [2.75, 3.05) is 17.4 Å². The van der Waals surface area contributed by atoms with Crippen LogP contribution in [0.3, 0.4) is 0 Å². The van der Waals surface area contributed by atoms with Crippen molar-refractivity contribution >= 4 is 49.0 Å². The number of pyridine rings is 1. The van der Waals surface area contributed by atoms with E-state index in [2.05, 4.69) is 25.6 Å². The molecule has 0 spiro atoms. The molecule has 0 saturated heterocycles. The Hall–Kier alpha value is -3.91. The van der Waals surface area contributed by atoms with Gasteiger partial charge in [-0.05, 0) is 54.1 Å². The molecule has 2 aromatic carbocycles. The van der Waals surface area contributed by atoms with E-state index in [9.17, 15) is 0 Å². The number of thiophene rings is 1. The summed E-state index contributed by atoms with van der Waals surface area (Å²) in [4.78, 5) is 14.3. The maximum Gasteiger partial charge on any atom is 0.231 e. The lowest BCUT2D eigenvalue weighted by Gasteiger charge is -2.10. The van der Waals surface area contributed by atoms with Crippen LogP contribution in [0.15, 0.2) is 67.1 Å². The maximum absolute atomic E-state index is 5.44. The molecule has 0 aliphatic carbocycles. The van der Waals surface area contributed by atoms with Gasteiger partial charge < -0.3 is 20.1 Å². The topological polar surface area (TPSA) is 81.2 Å². The van der Waals surface area contributed by atoms with Crippen molar-refractivity contribution in [3.8, 4) is 11.5 Å². The maximum atomic E-state index is 5.44. The van der Waals surface area contributed by atoms with Crippen molar-refractivity contribution in [2.45, 2.75) is 6.54 Å². The van der Waals surface area contributed by atoms with Crippen molar-refractivity contribution in [3.05, 3.63) is 72.7 Å². The lowest BCUT2D eigenvalue weighted by atomic mass is 10.2. The Morgan fingerprint density at radius 3 is 2.71 bits per heavy atom. The summed E-state index contributed by atoms with van der Waals surface area (Å²) in [5.41, 5.74) is 4.04. The SMILES string of the molecule is c1cnc2sc3c(Nc4ccc(NCc5ccc6c(c5)OCO6)cc4)ncnc3c2c1. The molecule has 3 aromatic heterocycles. The van der Waals surface area contributed by atoms with Gasteiger partial charge in [0, 0.05) is 29.5 Å². The van der Waals surface area contributed by atoms with Crippen LogP contribution in [0.5, 0.6) is 11.5 Å². The second-order valence-electron chi connectivity index (χ2n) is 7.10. The molecule has 0 fully saturated rings. The molecule has 31 heavy (non-hydrogen) atoms. The number of rotatable bonds is 5. The number of nitrogens with zero attached hydrogens (tertiary/aromatic N) is 3. The molecule has 0 bridgehead atoms. The number of hydrogen-bond donors (Lipinski definition) is 2. The van der Waals surface area contributed by atoms with Crippen molar-refractivity contribution in [1.29, 1.82) is 0 Å². The first-order valence-electron chi connectivity index (χ1n) is 9.81. The standard InChI is InChI=1S/C23H17N5O2S/c1-2-17-20-21(31-23(17)24-9-1)22(27-12-26-20)28-16-6-4-15(5-7-16)25-11-14-3-8-18-19(10-14)30-13-29-18/h1-10,12,25H,11,13H2,(H,26,27,28). The summed E-state index contributed by atoms with van der Waals surface area (Å²) in [6, 6.07) is 18.1. The number of fused-ring (bicyclic) bond motifs is 4. The Morgan fingerprint density at radius 2 is 1.77 bits per heavy atom. The Morgan fingerprint density at radius 1 is 0.903 bits per heavy atom. The Labute approximate surface area is 181 Å². The molecule has 2 N–H and O–H groups in total. The van der Waals surface area contributed by atoms with Gasteiger partial charge in [-0.15, -0.1) is 11.3 Å².